The summed E-state index contributed by atoms with van der Waals surface area (Å²) in [4.78, 5) is 0. The number of hydrogen-bond acceptors (Lipinski definition) is 3. The molecule has 0 unspecified atom stereocenters. The van der Waals surface area contributed by atoms with Gasteiger partial charge >= 0.3 is 0 Å². The zero-order chi connectivity index (χ0) is 12.4. The number of nitrogens with zero attached hydrogens (tertiary/aromatic N) is 1. The summed E-state index contributed by atoms with van der Waals surface area (Å²) in [6.07, 6.45) is 3.29. The van der Waals surface area contributed by atoms with Gasteiger partial charge in [0.05, 0.1) is 0 Å². The number of hydrogen-bond donors (Lipinski definition) is 1. The van der Waals surface area contributed by atoms with Gasteiger partial charge < -0.3 is 14.6 Å². The average Bonchev–Trinajstić information content (AvgIpc) is 2.87. The maximum Gasteiger partial charge on any atom is 0.231 e. The van der Waals surface area contributed by atoms with Crippen molar-refractivity contribution < 1.29 is 19.1 Å². The Morgan fingerprint density at radius 3 is 2.72 bits per heavy atom. The maximum absolute atomic E-state index is 10.2. The largest absolute Gasteiger partial charge is 0.454 e. The molecule has 3 rings (SSSR count). The van der Waals surface area contributed by atoms with Crippen LogP contribution in [0.3, 0.4) is 0 Å². The van der Waals surface area contributed by atoms with E-state index in [1.165, 1.54) is 0 Å². The highest BCUT2D eigenvalue weighted by Gasteiger charge is 2.18. The van der Waals surface area contributed by atoms with Crippen LogP contribution in [-0.2, 0) is 6.54 Å². The van der Waals surface area contributed by atoms with Crippen molar-refractivity contribution in [3.63, 3.8) is 0 Å². The molecule has 0 fully saturated rings. The molecule has 0 amide bonds. The minimum Gasteiger partial charge on any atom is -0.454 e. The Hall–Kier alpha value is -2.07. The summed E-state index contributed by atoms with van der Waals surface area (Å²) < 4.78 is 12.5. The van der Waals surface area contributed by atoms with Gasteiger partial charge in [-0.1, -0.05) is 12.1 Å². The number of aliphatic hydroxyl groups is 1. The first-order valence-electron chi connectivity index (χ1n) is 5.84. The Kier molecular flexibility index (Phi) is 2.86. The van der Waals surface area contributed by atoms with Crippen molar-refractivity contribution in [1.29, 1.82) is 0 Å². The Morgan fingerprint density at radius 1 is 1.11 bits per heavy atom. The van der Waals surface area contributed by atoms with Crippen molar-refractivity contribution in [2.75, 3.05) is 6.79 Å². The van der Waals surface area contributed by atoms with Crippen LogP contribution in [-0.4, -0.2) is 11.9 Å². The second-order valence-electron chi connectivity index (χ2n) is 4.20. The summed E-state index contributed by atoms with van der Waals surface area (Å²) in [5, 5.41) is 10.2. The van der Waals surface area contributed by atoms with E-state index in [1.807, 2.05) is 53.4 Å². The average molecular weight is 244 g/mol. The first-order valence-corrected chi connectivity index (χ1v) is 5.84. The normalized spacial score (nSPS) is 14.5. The van der Waals surface area contributed by atoms with E-state index in [4.69, 9.17) is 9.47 Å². The van der Waals surface area contributed by atoms with Crippen molar-refractivity contribution in [3.8, 4) is 11.5 Å². The van der Waals surface area contributed by atoms with E-state index in [9.17, 15) is 5.11 Å². The quantitative estimate of drug-likeness (QED) is 0.831. The van der Waals surface area contributed by atoms with Gasteiger partial charge in [0.2, 0.25) is 6.79 Å². The number of fused-ring (bicyclic) bond motifs is 1. The molecule has 1 aliphatic heterocycles. The molecule has 4 nitrogen and oxygen atoms in total. The van der Waals surface area contributed by atoms with Crippen molar-refractivity contribution in [2.24, 2.45) is 0 Å². The molecule has 0 saturated heterocycles. The molecule has 1 aliphatic rings. The van der Waals surface area contributed by atoms with Gasteiger partial charge in [0.15, 0.2) is 30.4 Å². The monoisotopic (exact) mass is 244 g/mol. The molecule has 1 aromatic carbocycles. The second-order valence-corrected chi connectivity index (χ2v) is 4.20. The van der Waals surface area contributed by atoms with Crippen molar-refractivity contribution in [1.82, 2.24) is 0 Å². The Balaban J connectivity index is 1.78. The standard InChI is InChI=1S/C14H14NO3/c16-12(9-15-6-2-1-3-7-15)11-4-5-13-14(8-11)18-10-17-13/h1-8,12,16H,9-10H2/q+1/t12-/m0/s1. The fourth-order valence-electron chi connectivity index (χ4n) is 1.98. The fraction of sp³-hybridized carbons (Fsp3) is 0.214. The Bertz CT molecular complexity index is 542. The minimum atomic E-state index is -0.563. The smallest absolute Gasteiger partial charge is 0.231 e. The number of pyridine rings is 1. The third-order valence-electron chi connectivity index (χ3n) is 2.94. The molecule has 0 bridgehead atoms. The van der Waals surface area contributed by atoms with E-state index < -0.39 is 6.10 Å². The number of aliphatic hydroxyl groups excluding tert-OH is 1. The number of ether oxygens (including phenoxy) is 2. The summed E-state index contributed by atoms with van der Waals surface area (Å²) in [6.45, 7) is 0.767. The lowest BCUT2D eigenvalue weighted by molar-refractivity contribution is -0.704. The summed E-state index contributed by atoms with van der Waals surface area (Å²) in [5.41, 5.74) is 0.829. The van der Waals surface area contributed by atoms with Crippen LogP contribution in [0.1, 0.15) is 11.7 Å². The van der Waals surface area contributed by atoms with Gasteiger partial charge in [-0.2, -0.15) is 0 Å². The highest BCUT2D eigenvalue weighted by atomic mass is 16.7. The van der Waals surface area contributed by atoms with Gasteiger partial charge in [0.1, 0.15) is 6.10 Å². The lowest BCUT2D eigenvalue weighted by Crippen LogP contribution is -2.35. The zero-order valence-electron chi connectivity index (χ0n) is 9.82. The van der Waals surface area contributed by atoms with Crippen LogP contribution in [0.4, 0.5) is 0 Å². The molecule has 0 saturated carbocycles. The molecule has 92 valence electrons. The molecular weight excluding hydrogens is 230 g/mol. The molecule has 1 N–H and O–H groups in total. The number of rotatable bonds is 3. The van der Waals surface area contributed by atoms with Gasteiger partial charge in [0.25, 0.3) is 0 Å². The van der Waals surface area contributed by atoms with Crippen LogP contribution in [0.5, 0.6) is 11.5 Å². The highest BCUT2D eigenvalue weighted by Crippen LogP contribution is 2.34. The van der Waals surface area contributed by atoms with E-state index in [-0.39, 0.29) is 6.79 Å². The molecular formula is C14H14NO3+. The van der Waals surface area contributed by atoms with Crippen LogP contribution in [0.2, 0.25) is 0 Å². The predicted molar refractivity (Wildman–Crippen MR) is 64.2 cm³/mol. The third-order valence-corrected chi connectivity index (χ3v) is 2.94. The molecule has 1 aromatic heterocycles. The summed E-state index contributed by atoms with van der Waals surface area (Å²) >= 11 is 0. The van der Waals surface area contributed by atoms with E-state index >= 15 is 0 Å². The molecule has 0 spiro atoms. The van der Waals surface area contributed by atoms with Gasteiger partial charge in [-0.05, 0) is 17.7 Å². The second kappa shape index (κ2) is 4.66. The van der Waals surface area contributed by atoms with Gasteiger partial charge in [-0.25, -0.2) is 4.57 Å². The summed E-state index contributed by atoms with van der Waals surface area (Å²) in [6, 6.07) is 11.3. The lowest BCUT2D eigenvalue weighted by atomic mass is 10.1. The predicted octanol–water partition coefficient (Wildman–Crippen LogP) is 1.44. The summed E-state index contributed by atoms with van der Waals surface area (Å²) in [5.74, 6) is 1.43. The summed E-state index contributed by atoms with van der Waals surface area (Å²) in [7, 11) is 0. The molecule has 2 aromatic rings. The third kappa shape index (κ3) is 2.15. The van der Waals surface area contributed by atoms with Crippen LogP contribution >= 0.6 is 0 Å². The van der Waals surface area contributed by atoms with Crippen molar-refractivity contribution >= 4 is 0 Å². The zero-order valence-corrected chi connectivity index (χ0v) is 9.82. The first kappa shape index (κ1) is 11.0. The lowest BCUT2D eigenvalue weighted by Gasteiger charge is -2.08. The van der Waals surface area contributed by atoms with E-state index in [2.05, 4.69) is 0 Å². The van der Waals surface area contributed by atoms with Crippen LogP contribution in [0.25, 0.3) is 0 Å². The Labute approximate surface area is 105 Å². The molecule has 4 heteroatoms. The van der Waals surface area contributed by atoms with E-state index in [0.29, 0.717) is 12.3 Å². The maximum atomic E-state index is 10.2. The Morgan fingerprint density at radius 2 is 1.89 bits per heavy atom. The molecule has 1 atom stereocenters. The molecule has 0 aliphatic carbocycles. The molecule has 0 radical (unpaired) electrons. The number of aromatic nitrogens is 1. The van der Waals surface area contributed by atoms with Gasteiger partial charge in [-0.3, -0.25) is 0 Å². The number of benzene rings is 1. The minimum absolute atomic E-state index is 0.252. The topological polar surface area (TPSA) is 42.6 Å². The SMILES string of the molecule is O[C@@H](C[n+]1ccccc1)c1ccc2c(c1)OCO2. The molecule has 18 heavy (non-hydrogen) atoms. The first-order chi connectivity index (χ1) is 8.83. The van der Waals surface area contributed by atoms with Gasteiger partial charge in [0, 0.05) is 12.1 Å². The van der Waals surface area contributed by atoms with E-state index in [0.717, 1.165) is 11.3 Å². The van der Waals surface area contributed by atoms with E-state index in [1.54, 1.807) is 0 Å². The van der Waals surface area contributed by atoms with Crippen LogP contribution < -0.4 is 14.0 Å². The molecule has 2 heterocycles. The van der Waals surface area contributed by atoms with Gasteiger partial charge in [-0.15, -0.1) is 0 Å². The highest BCUT2D eigenvalue weighted by molar-refractivity contribution is 5.44. The van der Waals surface area contributed by atoms with Crippen molar-refractivity contribution in [3.05, 3.63) is 54.4 Å². The van der Waals surface area contributed by atoms with Crippen molar-refractivity contribution in [2.45, 2.75) is 12.6 Å². The fourth-order valence-corrected chi connectivity index (χ4v) is 1.98. The van der Waals surface area contributed by atoms with Crippen LogP contribution in [0, 0.1) is 0 Å². The van der Waals surface area contributed by atoms with Crippen LogP contribution in [0.15, 0.2) is 48.8 Å².